The van der Waals surface area contributed by atoms with Crippen molar-refractivity contribution in [3.05, 3.63) is 40.6 Å². The number of carbonyl (C=O) groups excluding carboxylic acids is 1. The van der Waals surface area contributed by atoms with Gasteiger partial charge in [-0.2, -0.15) is 9.97 Å². The number of esters is 1. The molecule has 1 aromatic heterocycles. The monoisotopic (exact) mass is 371 g/mol. The molecule has 0 amide bonds. The first kappa shape index (κ1) is 17.0. The summed E-state index contributed by atoms with van der Waals surface area (Å²) in [6.45, 7) is 0.112. The number of nitrogens with one attached hydrogen (secondary N) is 1. The van der Waals surface area contributed by atoms with E-state index in [2.05, 4.69) is 15.3 Å². The molecule has 1 aromatic carbocycles. The van der Waals surface area contributed by atoms with Gasteiger partial charge in [-0.25, -0.2) is 4.79 Å². The van der Waals surface area contributed by atoms with Crippen LogP contribution in [0, 0.1) is 0 Å². The Hall–Kier alpha value is -3.49. The fourth-order valence-electron chi connectivity index (χ4n) is 3.35. The summed E-state index contributed by atoms with van der Waals surface area (Å²) in [4.78, 5) is 21.0. The van der Waals surface area contributed by atoms with Crippen molar-refractivity contribution in [1.82, 2.24) is 9.97 Å². The first-order valence-corrected chi connectivity index (χ1v) is 8.11. The fraction of sp³-hybridized carbons (Fsp3) is 0.278. The van der Waals surface area contributed by atoms with Crippen LogP contribution in [0.15, 0.2) is 29.5 Å². The number of phenols is 1. The average Bonchev–Trinajstić information content (AvgIpc) is 3.05. The summed E-state index contributed by atoms with van der Waals surface area (Å²) in [5.41, 5.74) is 2.24. The molecule has 2 N–H and O–H groups in total. The second-order valence-electron chi connectivity index (χ2n) is 5.94. The molecule has 0 fully saturated rings. The van der Waals surface area contributed by atoms with Crippen molar-refractivity contribution in [3.8, 4) is 23.4 Å². The average molecular weight is 371 g/mol. The van der Waals surface area contributed by atoms with Crippen LogP contribution < -0.4 is 19.5 Å². The third-order valence-electron chi connectivity index (χ3n) is 4.54. The number of carbonyl (C=O) groups is 1. The highest BCUT2D eigenvalue weighted by Gasteiger charge is 2.42. The van der Waals surface area contributed by atoms with Crippen LogP contribution in [0.4, 0.5) is 5.82 Å². The number of aromatic nitrogens is 2. The van der Waals surface area contributed by atoms with Crippen molar-refractivity contribution in [3.63, 3.8) is 0 Å². The quantitative estimate of drug-likeness (QED) is 0.774. The smallest absolute Gasteiger partial charge is 0.337 e. The SMILES string of the molecule is COc1nc2c(c(OC)n1)C(c1ccc(OC)c(O)c1)C1=C(COC1=O)N2. The second kappa shape index (κ2) is 6.35. The molecule has 0 radical (unpaired) electrons. The number of rotatable bonds is 4. The van der Waals surface area contributed by atoms with Gasteiger partial charge in [-0.15, -0.1) is 0 Å². The topological polar surface area (TPSA) is 112 Å². The molecule has 9 heteroatoms. The molecule has 0 bridgehead atoms. The molecular formula is C18H17N3O6. The Morgan fingerprint density at radius 2 is 2.00 bits per heavy atom. The molecule has 4 rings (SSSR count). The van der Waals surface area contributed by atoms with Crippen LogP contribution >= 0.6 is 0 Å². The van der Waals surface area contributed by atoms with Gasteiger partial charge in [-0.3, -0.25) is 0 Å². The van der Waals surface area contributed by atoms with E-state index in [9.17, 15) is 9.90 Å². The fourth-order valence-corrected chi connectivity index (χ4v) is 3.35. The van der Waals surface area contributed by atoms with E-state index < -0.39 is 11.9 Å². The lowest BCUT2D eigenvalue weighted by molar-refractivity contribution is -0.136. The Labute approximate surface area is 154 Å². The summed E-state index contributed by atoms with van der Waals surface area (Å²) in [5.74, 6) is -0.0248. The molecule has 0 saturated heterocycles. The Morgan fingerprint density at radius 3 is 2.67 bits per heavy atom. The van der Waals surface area contributed by atoms with Crippen LogP contribution in [0.3, 0.4) is 0 Å². The third-order valence-corrected chi connectivity index (χ3v) is 4.54. The first-order chi connectivity index (χ1) is 13.1. The lowest BCUT2D eigenvalue weighted by Gasteiger charge is -2.27. The lowest BCUT2D eigenvalue weighted by atomic mass is 9.82. The van der Waals surface area contributed by atoms with E-state index >= 15 is 0 Å². The number of hydrogen-bond donors (Lipinski definition) is 2. The van der Waals surface area contributed by atoms with Crippen molar-refractivity contribution in [2.45, 2.75) is 5.92 Å². The zero-order valence-corrected chi connectivity index (χ0v) is 14.9. The first-order valence-electron chi connectivity index (χ1n) is 8.11. The Balaban J connectivity index is 1.96. The van der Waals surface area contributed by atoms with Crippen LogP contribution in [-0.2, 0) is 9.53 Å². The molecule has 2 aromatic rings. The standard InChI is InChI=1S/C18H17N3O6/c1-24-11-5-4-8(6-10(11)22)12-13-9(7-27-17(13)23)19-15-14(12)16(25-2)21-18(20-15)26-3/h4-6,12,22H,7H2,1-3H3,(H,19,20,21). The highest BCUT2D eigenvalue weighted by atomic mass is 16.5. The number of methoxy groups -OCH3 is 3. The number of hydrogen-bond acceptors (Lipinski definition) is 9. The number of aromatic hydroxyl groups is 1. The molecule has 2 aliphatic heterocycles. The minimum Gasteiger partial charge on any atom is -0.504 e. The number of benzene rings is 1. The predicted molar refractivity (Wildman–Crippen MR) is 93.2 cm³/mol. The van der Waals surface area contributed by atoms with Crippen molar-refractivity contribution in [1.29, 1.82) is 0 Å². The normalized spacial score (nSPS) is 17.6. The van der Waals surface area contributed by atoms with Crippen LogP contribution in [-0.4, -0.2) is 49.0 Å². The minimum atomic E-state index is -0.580. The number of fused-ring (bicyclic) bond motifs is 1. The van der Waals surface area contributed by atoms with E-state index in [1.54, 1.807) is 18.2 Å². The van der Waals surface area contributed by atoms with Gasteiger partial charge < -0.3 is 29.4 Å². The van der Waals surface area contributed by atoms with Gasteiger partial charge in [0.1, 0.15) is 12.4 Å². The van der Waals surface area contributed by atoms with Crippen LogP contribution in [0.1, 0.15) is 17.0 Å². The molecule has 9 nitrogen and oxygen atoms in total. The summed E-state index contributed by atoms with van der Waals surface area (Å²) < 4.78 is 20.9. The van der Waals surface area contributed by atoms with Crippen LogP contribution in [0.25, 0.3) is 0 Å². The number of anilines is 1. The summed E-state index contributed by atoms with van der Waals surface area (Å²) in [7, 11) is 4.39. The molecule has 1 atom stereocenters. The molecule has 27 heavy (non-hydrogen) atoms. The number of nitrogens with zero attached hydrogens (tertiary/aromatic N) is 2. The molecule has 0 saturated carbocycles. The maximum atomic E-state index is 12.4. The highest BCUT2D eigenvalue weighted by Crippen LogP contribution is 2.48. The van der Waals surface area contributed by atoms with Gasteiger partial charge in [0.25, 0.3) is 0 Å². The van der Waals surface area contributed by atoms with Gasteiger partial charge in [-0.05, 0) is 17.7 Å². The van der Waals surface area contributed by atoms with Gasteiger partial charge in [0.15, 0.2) is 11.5 Å². The van der Waals surface area contributed by atoms with Gasteiger partial charge in [0.2, 0.25) is 5.88 Å². The van der Waals surface area contributed by atoms with Crippen molar-refractivity contribution >= 4 is 11.8 Å². The van der Waals surface area contributed by atoms with E-state index in [1.807, 2.05) is 0 Å². The van der Waals surface area contributed by atoms with E-state index in [4.69, 9.17) is 18.9 Å². The Bertz CT molecular complexity index is 972. The van der Waals surface area contributed by atoms with Gasteiger partial charge in [-0.1, -0.05) is 6.07 Å². The lowest BCUT2D eigenvalue weighted by Crippen LogP contribution is -2.22. The molecule has 1 unspecified atom stereocenters. The van der Waals surface area contributed by atoms with Crippen molar-refractivity contribution < 1.29 is 28.8 Å². The zero-order chi connectivity index (χ0) is 19.1. The number of cyclic esters (lactones) is 1. The van der Waals surface area contributed by atoms with Gasteiger partial charge >= 0.3 is 12.0 Å². The maximum absolute atomic E-state index is 12.4. The minimum absolute atomic E-state index is 0.0445. The molecular weight excluding hydrogens is 354 g/mol. The Kier molecular flexibility index (Phi) is 3.98. The largest absolute Gasteiger partial charge is 0.504 e. The Morgan fingerprint density at radius 1 is 1.19 bits per heavy atom. The van der Waals surface area contributed by atoms with Crippen molar-refractivity contribution in [2.75, 3.05) is 33.3 Å². The van der Waals surface area contributed by atoms with Crippen LogP contribution in [0.5, 0.6) is 23.4 Å². The summed E-state index contributed by atoms with van der Waals surface area (Å²) in [6.07, 6.45) is 0. The summed E-state index contributed by atoms with van der Waals surface area (Å²) in [5, 5.41) is 13.3. The van der Waals surface area contributed by atoms with Crippen LogP contribution in [0.2, 0.25) is 0 Å². The van der Waals surface area contributed by atoms with Crippen molar-refractivity contribution in [2.24, 2.45) is 0 Å². The molecule has 0 spiro atoms. The van der Waals surface area contributed by atoms with E-state index in [1.165, 1.54) is 21.3 Å². The molecule has 0 aliphatic carbocycles. The zero-order valence-electron chi connectivity index (χ0n) is 14.9. The summed E-state index contributed by atoms with van der Waals surface area (Å²) in [6, 6.07) is 5.06. The molecule has 140 valence electrons. The molecule has 2 aliphatic rings. The number of ether oxygens (including phenoxy) is 4. The predicted octanol–water partition coefficient (Wildman–Crippen LogP) is 1.58. The highest BCUT2D eigenvalue weighted by molar-refractivity contribution is 5.97. The summed E-state index contributed by atoms with van der Waals surface area (Å²) >= 11 is 0. The second-order valence-corrected chi connectivity index (χ2v) is 5.94. The third kappa shape index (κ3) is 2.59. The maximum Gasteiger partial charge on any atom is 0.337 e. The van der Waals surface area contributed by atoms with Gasteiger partial charge in [0, 0.05) is 0 Å². The molecule has 3 heterocycles. The number of phenolic OH excluding ortho intramolecular Hbond substituents is 1. The van der Waals surface area contributed by atoms with Gasteiger partial charge in [0.05, 0.1) is 44.1 Å². The van der Waals surface area contributed by atoms with E-state index in [0.29, 0.717) is 34.0 Å². The van der Waals surface area contributed by atoms with E-state index in [0.717, 1.165) is 0 Å². The van der Waals surface area contributed by atoms with E-state index in [-0.39, 0.29) is 24.2 Å².